The fraction of sp³-hybridized carbons (Fsp3) is 0.278. The van der Waals surface area contributed by atoms with E-state index in [0.717, 1.165) is 6.07 Å². The van der Waals surface area contributed by atoms with Crippen LogP contribution in [0.5, 0.6) is 0 Å². The van der Waals surface area contributed by atoms with Crippen molar-refractivity contribution in [3.63, 3.8) is 0 Å². The Balaban J connectivity index is 1.85. The number of hydrogen-bond acceptors (Lipinski definition) is 5. The van der Waals surface area contributed by atoms with Crippen LogP contribution in [0.4, 0.5) is 0 Å². The van der Waals surface area contributed by atoms with Gasteiger partial charge >= 0.3 is 5.97 Å². The predicted octanol–water partition coefficient (Wildman–Crippen LogP) is 4.68. The van der Waals surface area contributed by atoms with Gasteiger partial charge in [0.2, 0.25) is 10.0 Å². The molecule has 156 valence electrons. The van der Waals surface area contributed by atoms with Crippen LogP contribution < -0.4 is 0 Å². The van der Waals surface area contributed by atoms with E-state index in [0.29, 0.717) is 15.6 Å². The number of ether oxygens (including phenoxy) is 2. The summed E-state index contributed by atoms with van der Waals surface area (Å²) in [6.07, 6.45) is 0. The van der Waals surface area contributed by atoms with Gasteiger partial charge in [0.1, 0.15) is 11.5 Å². The average Bonchev–Trinajstić information content (AvgIpc) is 2.67. The summed E-state index contributed by atoms with van der Waals surface area (Å²) in [6, 6.07) is 7.09. The molecule has 1 aliphatic rings. The molecule has 2 aromatic carbocycles. The second-order valence-corrected chi connectivity index (χ2v) is 9.66. The number of nitrogens with zero attached hydrogens (tertiary/aromatic N) is 1. The highest BCUT2D eigenvalue weighted by Crippen LogP contribution is 2.32. The molecule has 0 N–H and O–H groups in total. The third-order valence-electron chi connectivity index (χ3n) is 4.20. The zero-order valence-corrected chi connectivity index (χ0v) is 18.7. The van der Waals surface area contributed by atoms with E-state index < -0.39 is 16.0 Å². The number of sulfonamides is 1. The summed E-state index contributed by atoms with van der Waals surface area (Å²) < 4.78 is 37.5. The van der Waals surface area contributed by atoms with E-state index in [1.165, 1.54) is 16.4 Å². The molecule has 0 bridgehead atoms. The molecule has 0 atom stereocenters. The number of morpholine rings is 1. The zero-order valence-electron chi connectivity index (χ0n) is 14.8. The Morgan fingerprint density at radius 2 is 1.69 bits per heavy atom. The van der Waals surface area contributed by atoms with Crippen molar-refractivity contribution < 1.29 is 22.7 Å². The van der Waals surface area contributed by atoms with Gasteiger partial charge in [-0.1, -0.05) is 52.5 Å². The molecule has 1 fully saturated rings. The van der Waals surface area contributed by atoms with Crippen LogP contribution in [-0.2, 0) is 26.1 Å². The van der Waals surface area contributed by atoms with Gasteiger partial charge in [-0.2, -0.15) is 4.31 Å². The Labute approximate surface area is 188 Å². The van der Waals surface area contributed by atoms with Gasteiger partial charge in [-0.15, -0.1) is 0 Å². The number of esters is 1. The lowest BCUT2D eigenvalue weighted by Gasteiger charge is -2.26. The van der Waals surface area contributed by atoms with E-state index in [4.69, 9.17) is 55.9 Å². The number of halogens is 4. The fourth-order valence-electron chi connectivity index (χ4n) is 2.67. The van der Waals surface area contributed by atoms with Crippen LogP contribution in [-0.4, -0.2) is 45.0 Å². The molecule has 0 saturated carbocycles. The molecule has 3 rings (SSSR count). The molecule has 0 aliphatic carbocycles. The third-order valence-corrected chi connectivity index (χ3v) is 7.47. The molecule has 0 amide bonds. The molecular formula is C18H15Cl4NO5S. The Kier molecular flexibility index (Phi) is 7.32. The van der Waals surface area contributed by atoms with Gasteiger partial charge in [0.25, 0.3) is 0 Å². The SMILES string of the molecule is O=C(OCc1ccc(Cl)cc1Cl)c1cc(S(=O)(=O)N2CCOCC2)c(Cl)cc1Cl. The van der Waals surface area contributed by atoms with Crippen LogP contribution in [0, 0.1) is 0 Å². The van der Waals surface area contributed by atoms with E-state index in [-0.39, 0.29) is 53.4 Å². The number of rotatable bonds is 5. The number of hydrogen-bond donors (Lipinski definition) is 0. The highest BCUT2D eigenvalue weighted by Gasteiger charge is 2.30. The summed E-state index contributed by atoms with van der Waals surface area (Å²) >= 11 is 24.1. The largest absolute Gasteiger partial charge is 0.457 e. The molecule has 2 aromatic rings. The summed E-state index contributed by atoms with van der Waals surface area (Å²) in [5.41, 5.74) is 0.420. The lowest BCUT2D eigenvalue weighted by molar-refractivity contribution is 0.0472. The van der Waals surface area contributed by atoms with Crippen molar-refractivity contribution in [2.45, 2.75) is 11.5 Å². The van der Waals surface area contributed by atoms with Crippen LogP contribution >= 0.6 is 46.4 Å². The summed E-state index contributed by atoms with van der Waals surface area (Å²) in [7, 11) is -3.92. The van der Waals surface area contributed by atoms with E-state index in [1.807, 2.05) is 0 Å². The lowest BCUT2D eigenvalue weighted by atomic mass is 10.2. The van der Waals surface area contributed by atoms with Crippen molar-refractivity contribution in [1.29, 1.82) is 0 Å². The molecule has 0 spiro atoms. The topological polar surface area (TPSA) is 72.9 Å². The number of carbonyl (C=O) groups is 1. The normalized spacial score (nSPS) is 15.3. The van der Waals surface area contributed by atoms with Crippen molar-refractivity contribution in [3.8, 4) is 0 Å². The maximum atomic E-state index is 12.9. The second-order valence-electron chi connectivity index (χ2n) is 6.09. The maximum absolute atomic E-state index is 12.9. The van der Waals surface area contributed by atoms with Crippen molar-refractivity contribution >= 4 is 62.4 Å². The minimum Gasteiger partial charge on any atom is -0.457 e. The predicted molar refractivity (Wildman–Crippen MR) is 112 cm³/mol. The third kappa shape index (κ3) is 5.17. The first kappa shape index (κ1) is 22.6. The van der Waals surface area contributed by atoms with Crippen LogP contribution in [0.2, 0.25) is 20.1 Å². The summed E-state index contributed by atoms with van der Waals surface area (Å²) in [5.74, 6) is -0.809. The minimum atomic E-state index is -3.92. The van der Waals surface area contributed by atoms with E-state index >= 15 is 0 Å². The average molecular weight is 499 g/mol. The lowest BCUT2D eigenvalue weighted by Crippen LogP contribution is -2.40. The highest BCUT2D eigenvalue weighted by atomic mass is 35.5. The van der Waals surface area contributed by atoms with Crippen LogP contribution in [0.1, 0.15) is 15.9 Å². The molecule has 0 aromatic heterocycles. The number of benzene rings is 2. The van der Waals surface area contributed by atoms with Gasteiger partial charge < -0.3 is 9.47 Å². The first-order valence-corrected chi connectivity index (χ1v) is 11.3. The standard InChI is InChI=1S/C18H15Cl4NO5S/c19-12-2-1-11(14(20)7-12)10-28-18(24)13-8-17(16(22)9-15(13)21)29(25,26)23-3-5-27-6-4-23/h1-2,7-9H,3-6,10H2. The molecule has 29 heavy (non-hydrogen) atoms. The van der Waals surface area contributed by atoms with Crippen LogP contribution in [0.15, 0.2) is 35.2 Å². The molecule has 11 heteroatoms. The molecule has 1 aliphatic heterocycles. The molecule has 6 nitrogen and oxygen atoms in total. The molecule has 0 radical (unpaired) electrons. The second kappa shape index (κ2) is 9.39. The minimum absolute atomic E-state index is 0.0249. The van der Waals surface area contributed by atoms with Gasteiger partial charge in [0, 0.05) is 28.7 Å². The fourth-order valence-corrected chi connectivity index (χ4v) is 5.37. The maximum Gasteiger partial charge on any atom is 0.340 e. The van der Waals surface area contributed by atoms with Gasteiger partial charge in [0.15, 0.2) is 0 Å². The quantitative estimate of drug-likeness (QED) is 0.559. The molecule has 0 unspecified atom stereocenters. The van der Waals surface area contributed by atoms with Crippen LogP contribution in [0.3, 0.4) is 0 Å². The zero-order chi connectivity index (χ0) is 21.2. The highest BCUT2D eigenvalue weighted by molar-refractivity contribution is 7.89. The van der Waals surface area contributed by atoms with Crippen molar-refractivity contribution in [1.82, 2.24) is 4.31 Å². The monoisotopic (exact) mass is 497 g/mol. The van der Waals surface area contributed by atoms with Gasteiger partial charge in [-0.3, -0.25) is 0 Å². The molecule has 1 saturated heterocycles. The van der Waals surface area contributed by atoms with Gasteiger partial charge in [0.05, 0.1) is 28.8 Å². The summed E-state index contributed by atoms with van der Waals surface area (Å²) in [6.45, 7) is 0.800. The van der Waals surface area contributed by atoms with E-state index in [2.05, 4.69) is 0 Å². The van der Waals surface area contributed by atoms with E-state index in [1.54, 1.807) is 12.1 Å². The van der Waals surface area contributed by atoms with Crippen molar-refractivity contribution in [3.05, 3.63) is 61.5 Å². The Morgan fingerprint density at radius 3 is 2.34 bits per heavy atom. The Hall–Kier alpha value is -1.06. The molecular weight excluding hydrogens is 484 g/mol. The van der Waals surface area contributed by atoms with Crippen molar-refractivity contribution in [2.75, 3.05) is 26.3 Å². The van der Waals surface area contributed by atoms with Gasteiger partial charge in [-0.05, 0) is 24.3 Å². The van der Waals surface area contributed by atoms with Crippen molar-refractivity contribution in [2.24, 2.45) is 0 Å². The first-order valence-electron chi connectivity index (χ1n) is 8.38. The smallest absolute Gasteiger partial charge is 0.340 e. The Morgan fingerprint density at radius 1 is 1.00 bits per heavy atom. The summed E-state index contributed by atoms with van der Waals surface area (Å²) in [4.78, 5) is 12.3. The number of carbonyl (C=O) groups excluding carboxylic acids is 1. The molecule has 1 heterocycles. The van der Waals surface area contributed by atoms with Crippen LogP contribution in [0.25, 0.3) is 0 Å². The first-order chi connectivity index (χ1) is 13.7. The Bertz CT molecular complexity index is 1040. The van der Waals surface area contributed by atoms with Gasteiger partial charge in [-0.25, -0.2) is 13.2 Å². The van der Waals surface area contributed by atoms with E-state index in [9.17, 15) is 13.2 Å². The summed E-state index contributed by atoms with van der Waals surface area (Å²) in [5, 5.41) is 0.675.